The van der Waals surface area contributed by atoms with E-state index >= 15 is 0 Å². The lowest BCUT2D eigenvalue weighted by atomic mass is 10.1. The predicted octanol–water partition coefficient (Wildman–Crippen LogP) is 2.72. The predicted molar refractivity (Wildman–Crippen MR) is 76.9 cm³/mol. The maximum atomic E-state index is 12.1. The molecule has 0 amide bonds. The molecule has 18 heavy (non-hydrogen) atoms. The topological polar surface area (TPSA) is 40.5 Å². The van der Waals surface area contributed by atoms with Gasteiger partial charge in [-0.3, -0.25) is 9.69 Å². The fraction of sp³-hybridized carbons (Fsp3) is 0.500. The van der Waals surface area contributed by atoms with Crippen molar-refractivity contribution in [3.63, 3.8) is 0 Å². The Balaban J connectivity index is 2.63. The first-order valence-corrected chi connectivity index (χ1v) is 6.97. The largest absolute Gasteiger partial charge is 0.396 e. The Hall–Kier alpha value is -0.710. The zero-order valence-corrected chi connectivity index (χ0v) is 12.5. The van der Waals surface area contributed by atoms with Crippen LogP contribution in [0.15, 0.2) is 28.7 Å². The third-order valence-corrected chi connectivity index (χ3v) is 3.38. The molecule has 1 N–H and O–H groups in total. The molecule has 0 atom stereocenters. The number of nitrogens with zero attached hydrogens (tertiary/aromatic N) is 1. The standard InChI is InChI=1S/C14H20BrNO2/c1-11(2)16(8-3-9-17)10-14(18)12-4-6-13(15)7-5-12/h4-7,11,17H,3,8-10H2,1-2H3. The Labute approximate surface area is 117 Å². The molecule has 0 bridgehead atoms. The highest BCUT2D eigenvalue weighted by Gasteiger charge is 2.14. The number of carbonyl (C=O) groups excluding carboxylic acids is 1. The summed E-state index contributed by atoms with van der Waals surface area (Å²) in [6, 6.07) is 7.71. The molecule has 1 aromatic rings. The molecule has 0 aliphatic carbocycles. The van der Waals surface area contributed by atoms with Crippen LogP contribution in [-0.4, -0.2) is 41.5 Å². The Morgan fingerprint density at radius 1 is 1.33 bits per heavy atom. The lowest BCUT2D eigenvalue weighted by molar-refractivity contribution is 0.0896. The van der Waals surface area contributed by atoms with Crippen LogP contribution in [0.5, 0.6) is 0 Å². The van der Waals surface area contributed by atoms with Gasteiger partial charge in [0.05, 0.1) is 6.54 Å². The van der Waals surface area contributed by atoms with Crippen LogP contribution in [-0.2, 0) is 0 Å². The minimum Gasteiger partial charge on any atom is -0.396 e. The van der Waals surface area contributed by atoms with Crippen LogP contribution < -0.4 is 0 Å². The second kappa shape index (κ2) is 7.67. The molecule has 0 aromatic heterocycles. The summed E-state index contributed by atoms with van der Waals surface area (Å²) in [5.41, 5.74) is 0.729. The van der Waals surface area contributed by atoms with Gasteiger partial charge in [-0.1, -0.05) is 28.1 Å². The molecular formula is C14H20BrNO2. The molecule has 100 valence electrons. The first-order valence-electron chi connectivity index (χ1n) is 6.18. The Kier molecular flexibility index (Phi) is 6.54. The molecular weight excluding hydrogens is 294 g/mol. The van der Waals surface area contributed by atoms with E-state index in [2.05, 4.69) is 34.7 Å². The van der Waals surface area contributed by atoms with Crippen molar-refractivity contribution in [1.29, 1.82) is 0 Å². The van der Waals surface area contributed by atoms with Gasteiger partial charge in [0.25, 0.3) is 0 Å². The molecule has 0 unspecified atom stereocenters. The van der Waals surface area contributed by atoms with Gasteiger partial charge in [0.2, 0.25) is 0 Å². The zero-order valence-electron chi connectivity index (χ0n) is 10.9. The molecule has 0 saturated carbocycles. The van der Waals surface area contributed by atoms with E-state index < -0.39 is 0 Å². The van der Waals surface area contributed by atoms with E-state index in [0.29, 0.717) is 19.0 Å². The normalized spacial score (nSPS) is 11.2. The lowest BCUT2D eigenvalue weighted by Gasteiger charge is -2.25. The van der Waals surface area contributed by atoms with Crippen LogP contribution in [0.3, 0.4) is 0 Å². The van der Waals surface area contributed by atoms with E-state index in [1.54, 1.807) is 0 Å². The first-order chi connectivity index (χ1) is 8.54. The molecule has 0 spiro atoms. The number of rotatable bonds is 7. The van der Waals surface area contributed by atoms with Crippen molar-refractivity contribution < 1.29 is 9.90 Å². The van der Waals surface area contributed by atoms with Crippen molar-refractivity contribution in [3.8, 4) is 0 Å². The van der Waals surface area contributed by atoms with Crippen molar-refractivity contribution in [3.05, 3.63) is 34.3 Å². The molecule has 1 aromatic carbocycles. The van der Waals surface area contributed by atoms with E-state index in [1.165, 1.54) is 0 Å². The smallest absolute Gasteiger partial charge is 0.176 e. The Bertz CT molecular complexity index is 376. The van der Waals surface area contributed by atoms with Gasteiger partial charge >= 0.3 is 0 Å². The van der Waals surface area contributed by atoms with Crippen molar-refractivity contribution >= 4 is 21.7 Å². The summed E-state index contributed by atoms with van der Waals surface area (Å²) in [6.45, 7) is 5.43. The number of aliphatic hydroxyl groups is 1. The minimum absolute atomic E-state index is 0.120. The fourth-order valence-corrected chi connectivity index (χ4v) is 1.97. The van der Waals surface area contributed by atoms with Gasteiger partial charge in [-0.25, -0.2) is 0 Å². The number of halogens is 1. The Morgan fingerprint density at radius 2 is 1.94 bits per heavy atom. The highest BCUT2D eigenvalue weighted by Crippen LogP contribution is 2.12. The van der Waals surface area contributed by atoms with Crippen LogP contribution >= 0.6 is 15.9 Å². The number of benzene rings is 1. The first kappa shape index (κ1) is 15.3. The van der Waals surface area contributed by atoms with E-state index in [-0.39, 0.29) is 12.4 Å². The minimum atomic E-state index is 0.120. The summed E-state index contributed by atoms with van der Waals surface area (Å²) >= 11 is 3.35. The Morgan fingerprint density at radius 3 is 2.44 bits per heavy atom. The maximum absolute atomic E-state index is 12.1. The summed E-state index contributed by atoms with van der Waals surface area (Å²) in [4.78, 5) is 14.2. The van der Waals surface area contributed by atoms with E-state index in [4.69, 9.17) is 5.11 Å². The number of aliphatic hydroxyl groups excluding tert-OH is 1. The third-order valence-electron chi connectivity index (χ3n) is 2.85. The number of carbonyl (C=O) groups is 1. The van der Waals surface area contributed by atoms with Gasteiger partial charge in [-0.05, 0) is 32.4 Å². The molecule has 4 heteroatoms. The van der Waals surface area contributed by atoms with Crippen LogP contribution in [0.1, 0.15) is 30.6 Å². The van der Waals surface area contributed by atoms with E-state index in [0.717, 1.165) is 16.6 Å². The second-order valence-corrected chi connectivity index (χ2v) is 5.49. The molecule has 0 aliphatic rings. The average molecular weight is 314 g/mol. The molecule has 0 heterocycles. The van der Waals surface area contributed by atoms with E-state index in [1.807, 2.05) is 24.3 Å². The van der Waals surface area contributed by atoms with Gasteiger partial charge in [-0.15, -0.1) is 0 Å². The fourth-order valence-electron chi connectivity index (χ4n) is 1.71. The van der Waals surface area contributed by atoms with Crippen molar-refractivity contribution in [1.82, 2.24) is 4.90 Å². The number of Topliss-reactive ketones (excluding diaryl/α,β-unsaturated/α-hetero) is 1. The summed E-state index contributed by atoms with van der Waals surface area (Å²) in [5.74, 6) is 0.120. The average Bonchev–Trinajstić information content (AvgIpc) is 2.34. The van der Waals surface area contributed by atoms with Gasteiger partial charge in [0.1, 0.15) is 0 Å². The molecule has 0 fully saturated rings. The van der Waals surface area contributed by atoms with Gasteiger partial charge in [-0.2, -0.15) is 0 Å². The quantitative estimate of drug-likeness (QED) is 0.787. The van der Waals surface area contributed by atoms with Crippen LogP contribution in [0, 0.1) is 0 Å². The molecule has 3 nitrogen and oxygen atoms in total. The summed E-state index contributed by atoms with van der Waals surface area (Å²) < 4.78 is 0.972. The zero-order chi connectivity index (χ0) is 13.5. The molecule has 0 radical (unpaired) electrons. The summed E-state index contributed by atoms with van der Waals surface area (Å²) in [6.07, 6.45) is 0.700. The summed E-state index contributed by atoms with van der Waals surface area (Å²) in [5, 5.41) is 8.86. The van der Waals surface area contributed by atoms with E-state index in [9.17, 15) is 4.79 Å². The van der Waals surface area contributed by atoms with Gasteiger partial charge in [0.15, 0.2) is 5.78 Å². The number of hydrogen-bond donors (Lipinski definition) is 1. The maximum Gasteiger partial charge on any atom is 0.176 e. The molecule has 1 rings (SSSR count). The van der Waals surface area contributed by atoms with Crippen LogP contribution in [0.25, 0.3) is 0 Å². The number of ketones is 1. The van der Waals surface area contributed by atoms with Crippen molar-refractivity contribution in [2.45, 2.75) is 26.3 Å². The van der Waals surface area contributed by atoms with Crippen LogP contribution in [0.4, 0.5) is 0 Å². The van der Waals surface area contributed by atoms with Gasteiger partial charge < -0.3 is 5.11 Å². The number of hydrogen-bond acceptors (Lipinski definition) is 3. The van der Waals surface area contributed by atoms with Crippen molar-refractivity contribution in [2.75, 3.05) is 19.7 Å². The molecule has 0 saturated heterocycles. The van der Waals surface area contributed by atoms with Crippen molar-refractivity contribution in [2.24, 2.45) is 0 Å². The molecule has 0 aliphatic heterocycles. The van der Waals surface area contributed by atoms with Gasteiger partial charge in [0, 0.05) is 29.2 Å². The highest BCUT2D eigenvalue weighted by molar-refractivity contribution is 9.10. The summed E-state index contributed by atoms with van der Waals surface area (Å²) in [7, 11) is 0. The second-order valence-electron chi connectivity index (χ2n) is 4.57. The SMILES string of the molecule is CC(C)N(CCCO)CC(=O)c1ccc(Br)cc1. The highest BCUT2D eigenvalue weighted by atomic mass is 79.9. The third kappa shape index (κ3) is 4.88. The monoisotopic (exact) mass is 313 g/mol. The lowest BCUT2D eigenvalue weighted by Crippen LogP contribution is -2.36. The van der Waals surface area contributed by atoms with Crippen LogP contribution in [0.2, 0.25) is 0 Å².